The lowest BCUT2D eigenvalue weighted by Crippen LogP contribution is -2.39. The lowest BCUT2D eigenvalue weighted by atomic mass is 9.88. The Morgan fingerprint density at radius 3 is 2.17 bits per heavy atom. The Labute approximate surface area is 75.6 Å². The van der Waals surface area contributed by atoms with Crippen LogP contribution in [0.2, 0.25) is 0 Å². The van der Waals surface area contributed by atoms with Gasteiger partial charge in [-0.1, -0.05) is 33.1 Å². The predicted molar refractivity (Wildman–Crippen MR) is 51.1 cm³/mol. The monoisotopic (exact) mass is 174 g/mol. The van der Waals surface area contributed by atoms with Crippen molar-refractivity contribution >= 4 is 0 Å². The molecule has 2 heteroatoms. The number of rotatable bonds is 6. The van der Waals surface area contributed by atoms with Gasteiger partial charge in [0.2, 0.25) is 0 Å². The maximum Gasteiger partial charge on any atom is 0.0900 e. The summed E-state index contributed by atoms with van der Waals surface area (Å²) in [6.45, 7) is 5.71. The van der Waals surface area contributed by atoms with Crippen LogP contribution in [0.25, 0.3) is 0 Å². The molecule has 2 nitrogen and oxygen atoms in total. The van der Waals surface area contributed by atoms with Crippen LogP contribution in [0.3, 0.4) is 0 Å². The molecule has 0 rings (SSSR count). The van der Waals surface area contributed by atoms with Crippen molar-refractivity contribution in [1.82, 2.24) is 0 Å². The maximum atomic E-state index is 9.87. The highest BCUT2D eigenvalue weighted by molar-refractivity contribution is 4.81. The van der Waals surface area contributed by atoms with Gasteiger partial charge in [-0.25, -0.2) is 0 Å². The normalized spacial score (nSPS) is 18.8. The first-order chi connectivity index (χ1) is 5.56. The van der Waals surface area contributed by atoms with Crippen LogP contribution in [0.5, 0.6) is 0 Å². The van der Waals surface area contributed by atoms with E-state index in [4.69, 9.17) is 0 Å². The first kappa shape index (κ1) is 11.9. The predicted octanol–water partition coefficient (Wildman–Crippen LogP) is 2.09. The zero-order valence-electron chi connectivity index (χ0n) is 8.51. The molecule has 12 heavy (non-hydrogen) atoms. The molecule has 0 aliphatic rings. The Balaban J connectivity index is 3.80. The molecule has 0 amide bonds. The second-order valence-corrected chi connectivity index (χ2v) is 3.59. The third-order valence-electron chi connectivity index (χ3n) is 2.60. The smallest absolute Gasteiger partial charge is 0.0900 e. The van der Waals surface area contributed by atoms with Gasteiger partial charge in [-0.2, -0.15) is 0 Å². The summed E-state index contributed by atoms with van der Waals surface area (Å²) in [7, 11) is 0. The molecule has 0 aromatic rings. The van der Waals surface area contributed by atoms with Crippen LogP contribution in [0.4, 0.5) is 0 Å². The van der Waals surface area contributed by atoms with Crippen LogP contribution in [0.1, 0.15) is 52.9 Å². The van der Waals surface area contributed by atoms with E-state index in [1.807, 2.05) is 6.92 Å². The number of aliphatic hydroxyl groups is 2. The van der Waals surface area contributed by atoms with E-state index < -0.39 is 11.7 Å². The minimum Gasteiger partial charge on any atom is -0.390 e. The van der Waals surface area contributed by atoms with Crippen LogP contribution >= 0.6 is 0 Å². The lowest BCUT2D eigenvalue weighted by Gasteiger charge is -2.29. The van der Waals surface area contributed by atoms with Crippen molar-refractivity contribution in [2.45, 2.75) is 64.6 Å². The minimum atomic E-state index is -0.852. The van der Waals surface area contributed by atoms with Gasteiger partial charge < -0.3 is 10.2 Å². The van der Waals surface area contributed by atoms with Crippen LogP contribution < -0.4 is 0 Å². The van der Waals surface area contributed by atoms with Crippen molar-refractivity contribution in [2.75, 3.05) is 0 Å². The van der Waals surface area contributed by atoms with E-state index in [0.29, 0.717) is 6.42 Å². The summed E-state index contributed by atoms with van der Waals surface area (Å²) in [6, 6.07) is 0. The Kier molecular flexibility index (Phi) is 5.51. The van der Waals surface area contributed by atoms with Gasteiger partial charge in [0.25, 0.3) is 0 Å². The molecule has 0 spiro atoms. The van der Waals surface area contributed by atoms with E-state index in [-0.39, 0.29) is 0 Å². The van der Waals surface area contributed by atoms with Gasteiger partial charge in [-0.15, -0.1) is 0 Å². The molecule has 2 unspecified atom stereocenters. The summed E-state index contributed by atoms with van der Waals surface area (Å²) in [5, 5.41) is 19.2. The fourth-order valence-electron chi connectivity index (χ4n) is 1.36. The summed E-state index contributed by atoms with van der Waals surface area (Å²) in [5.41, 5.74) is -0.852. The molecule has 2 atom stereocenters. The lowest BCUT2D eigenvalue weighted by molar-refractivity contribution is -0.0752. The molecule has 0 saturated heterocycles. The van der Waals surface area contributed by atoms with Crippen LogP contribution in [0.15, 0.2) is 0 Å². The van der Waals surface area contributed by atoms with Gasteiger partial charge in [-0.3, -0.25) is 0 Å². The fourth-order valence-corrected chi connectivity index (χ4v) is 1.36. The molecule has 0 aromatic heterocycles. The molecule has 0 aliphatic carbocycles. The van der Waals surface area contributed by atoms with Gasteiger partial charge in [0.05, 0.1) is 11.7 Å². The molecular formula is C10H22O2. The first-order valence-electron chi connectivity index (χ1n) is 4.97. The van der Waals surface area contributed by atoms with Crippen molar-refractivity contribution in [3.05, 3.63) is 0 Å². The van der Waals surface area contributed by atoms with Crippen molar-refractivity contribution in [3.63, 3.8) is 0 Å². The van der Waals surface area contributed by atoms with Gasteiger partial charge in [0.1, 0.15) is 0 Å². The quantitative estimate of drug-likeness (QED) is 0.605. The van der Waals surface area contributed by atoms with Crippen LogP contribution in [0, 0.1) is 0 Å². The van der Waals surface area contributed by atoms with Gasteiger partial charge >= 0.3 is 0 Å². The standard InChI is InChI=1S/C10H22O2/c1-4-6-7-8-10(12,5-2)9(3)11/h9,11-12H,4-8H2,1-3H3. The Morgan fingerprint density at radius 1 is 1.25 bits per heavy atom. The first-order valence-corrected chi connectivity index (χ1v) is 4.97. The average Bonchev–Trinajstić information content (AvgIpc) is 2.04. The topological polar surface area (TPSA) is 40.5 Å². The molecule has 0 bridgehead atoms. The average molecular weight is 174 g/mol. The summed E-state index contributed by atoms with van der Waals surface area (Å²) < 4.78 is 0. The zero-order chi connectivity index (χ0) is 9.61. The molecule has 0 fully saturated rings. The molecule has 0 heterocycles. The van der Waals surface area contributed by atoms with Crippen molar-refractivity contribution < 1.29 is 10.2 Å². The third kappa shape index (κ3) is 3.55. The number of hydrogen-bond donors (Lipinski definition) is 2. The van der Waals surface area contributed by atoms with Crippen LogP contribution in [-0.2, 0) is 0 Å². The second-order valence-electron chi connectivity index (χ2n) is 3.59. The maximum absolute atomic E-state index is 9.87. The third-order valence-corrected chi connectivity index (χ3v) is 2.60. The molecule has 74 valence electrons. The van der Waals surface area contributed by atoms with Crippen molar-refractivity contribution in [3.8, 4) is 0 Å². The zero-order valence-corrected chi connectivity index (χ0v) is 8.51. The molecule has 0 aromatic carbocycles. The molecule has 0 saturated carbocycles. The molecule has 0 aliphatic heterocycles. The summed E-state index contributed by atoms with van der Waals surface area (Å²) in [6.07, 6.45) is 4.03. The Hall–Kier alpha value is -0.0800. The molecular weight excluding hydrogens is 152 g/mol. The van der Waals surface area contributed by atoms with Crippen LogP contribution in [-0.4, -0.2) is 21.9 Å². The van der Waals surface area contributed by atoms with E-state index in [1.54, 1.807) is 6.92 Å². The summed E-state index contributed by atoms with van der Waals surface area (Å²) in [5.74, 6) is 0. The summed E-state index contributed by atoms with van der Waals surface area (Å²) in [4.78, 5) is 0. The van der Waals surface area contributed by atoms with E-state index in [2.05, 4.69) is 6.92 Å². The van der Waals surface area contributed by atoms with E-state index in [9.17, 15) is 10.2 Å². The van der Waals surface area contributed by atoms with Crippen molar-refractivity contribution in [2.24, 2.45) is 0 Å². The van der Waals surface area contributed by atoms with E-state index >= 15 is 0 Å². The van der Waals surface area contributed by atoms with Crippen molar-refractivity contribution in [1.29, 1.82) is 0 Å². The number of unbranched alkanes of at least 4 members (excludes halogenated alkanes) is 2. The van der Waals surface area contributed by atoms with Gasteiger partial charge in [0.15, 0.2) is 0 Å². The van der Waals surface area contributed by atoms with Gasteiger partial charge in [-0.05, 0) is 19.8 Å². The number of hydrogen-bond acceptors (Lipinski definition) is 2. The molecule has 0 radical (unpaired) electrons. The van der Waals surface area contributed by atoms with E-state index in [0.717, 1.165) is 25.7 Å². The van der Waals surface area contributed by atoms with Gasteiger partial charge in [0, 0.05) is 0 Å². The molecule has 2 N–H and O–H groups in total. The second kappa shape index (κ2) is 5.55. The Bertz CT molecular complexity index is 112. The largest absolute Gasteiger partial charge is 0.390 e. The van der Waals surface area contributed by atoms with E-state index in [1.165, 1.54) is 0 Å². The highest BCUT2D eigenvalue weighted by Gasteiger charge is 2.29. The fraction of sp³-hybridized carbons (Fsp3) is 1.00. The Morgan fingerprint density at radius 2 is 1.83 bits per heavy atom. The highest BCUT2D eigenvalue weighted by Crippen LogP contribution is 2.22. The minimum absolute atomic E-state index is 0.612. The summed E-state index contributed by atoms with van der Waals surface area (Å²) >= 11 is 0. The number of aliphatic hydroxyl groups excluding tert-OH is 1. The highest BCUT2D eigenvalue weighted by atomic mass is 16.3. The SMILES string of the molecule is CCCCCC(O)(CC)C(C)O.